The molecular formula is C13H11F3N4O. The number of carbonyl (C=O) groups excluding carboxylic acids is 1. The lowest BCUT2D eigenvalue weighted by Gasteiger charge is -2.07. The minimum atomic E-state index is -4.34. The van der Waals surface area contributed by atoms with Crippen LogP contribution in [0.1, 0.15) is 23.5 Å². The van der Waals surface area contributed by atoms with E-state index in [0.717, 1.165) is 17.7 Å². The van der Waals surface area contributed by atoms with E-state index >= 15 is 0 Å². The second kappa shape index (κ2) is 4.87. The van der Waals surface area contributed by atoms with Crippen LogP contribution in [0.15, 0.2) is 30.6 Å². The molecule has 110 valence electrons. The minimum absolute atomic E-state index is 0.0461. The van der Waals surface area contributed by atoms with Crippen molar-refractivity contribution in [3.63, 3.8) is 0 Å². The number of carbonyl (C=O) groups is 1. The highest BCUT2D eigenvalue weighted by Gasteiger charge is 2.44. The van der Waals surface area contributed by atoms with Crippen LogP contribution in [0.25, 0.3) is 0 Å². The summed E-state index contributed by atoms with van der Waals surface area (Å²) in [6.45, 7) is 0. The van der Waals surface area contributed by atoms with Crippen LogP contribution in [0.2, 0.25) is 0 Å². The third-order valence-corrected chi connectivity index (χ3v) is 3.45. The van der Waals surface area contributed by atoms with E-state index < -0.39 is 11.7 Å². The van der Waals surface area contributed by atoms with E-state index in [1.54, 1.807) is 0 Å². The molecule has 5 nitrogen and oxygen atoms in total. The lowest BCUT2D eigenvalue weighted by atomic mass is 10.1. The van der Waals surface area contributed by atoms with Gasteiger partial charge < -0.3 is 0 Å². The first-order valence-electron chi connectivity index (χ1n) is 6.28. The maximum absolute atomic E-state index is 12.5. The number of anilines is 1. The van der Waals surface area contributed by atoms with Crippen molar-refractivity contribution in [1.29, 1.82) is 0 Å². The molecule has 0 spiro atoms. The Morgan fingerprint density at radius 1 is 1.29 bits per heavy atom. The molecule has 1 heterocycles. The molecule has 1 amide bonds. The van der Waals surface area contributed by atoms with Crippen molar-refractivity contribution < 1.29 is 18.0 Å². The molecule has 1 fully saturated rings. The van der Waals surface area contributed by atoms with Crippen LogP contribution >= 0.6 is 0 Å². The summed E-state index contributed by atoms with van der Waals surface area (Å²) < 4.78 is 37.4. The first-order chi connectivity index (χ1) is 9.95. The zero-order valence-corrected chi connectivity index (χ0v) is 10.7. The fraction of sp³-hybridized carbons (Fsp3) is 0.308. The van der Waals surface area contributed by atoms with Crippen LogP contribution in [-0.4, -0.2) is 21.1 Å². The van der Waals surface area contributed by atoms with Crippen LogP contribution in [0.5, 0.6) is 0 Å². The van der Waals surface area contributed by atoms with Crippen molar-refractivity contribution in [3.8, 4) is 0 Å². The van der Waals surface area contributed by atoms with E-state index in [-0.39, 0.29) is 23.7 Å². The summed E-state index contributed by atoms with van der Waals surface area (Å²) in [5.41, 5.74) is 0.0512. The van der Waals surface area contributed by atoms with Gasteiger partial charge in [-0.2, -0.15) is 23.3 Å². The number of rotatable bonds is 3. The van der Waals surface area contributed by atoms with Crippen LogP contribution in [0.4, 0.5) is 19.1 Å². The molecular weight excluding hydrogens is 285 g/mol. The number of nitrogens with zero attached hydrogens (tertiary/aromatic N) is 2. The average Bonchev–Trinajstić information content (AvgIpc) is 3.09. The molecule has 8 heteroatoms. The van der Waals surface area contributed by atoms with E-state index in [9.17, 15) is 18.0 Å². The Labute approximate surface area is 117 Å². The summed E-state index contributed by atoms with van der Waals surface area (Å²) in [5.74, 6) is -0.239. The van der Waals surface area contributed by atoms with E-state index in [1.165, 1.54) is 18.5 Å². The molecule has 1 saturated carbocycles. The van der Waals surface area contributed by atoms with Crippen LogP contribution in [0, 0.1) is 5.92 Å². The van der Waals surface area contributed by atoms with Crippen molar-refractivity contribution >= 4 is 11.9 Å². The minimum Gasteiger partial charge on any atom is -0.295 e. The largest absolute Gasteiger partial charge is 0.416 e. The van der Waals surface area contributed by atoms with Crippen molar-refractivity contribution in [2.24, 2.45) is 5.92 Å². The second-order valence-electron chi connectivity index (χ2n) is 4.89. The molecule has 2 atom stereocenters. The molecule has 0 unspecified atom stereocenters. The summed E-state index contributed by atoms with van der Waals surface area (Å²) in [4.78, 5) is 15.7. The number of halogens is 3. The summed E-state index contributed by atoms with van der Waals surface area (Å²) in [6, 6.07) is 4.93. The number of benzene rings is 1. The van der Waals surface area contributed by atoms with Gasteiger partial charge in [-0.05, 0) is 30.0 Å². The number of nitrogens with one attached hydrogen (secondary N) is 2. The summed E-state index contributed by atoms with van der Waals surface area (Å²) in [7, 11) is 0. The Morgan fingerprint density at radius 3 is 2.57 bits per heavy atom. The fourth-order valence-corrected chi connectivity index (χ4v) is 2.25. The Balaban J connectivity index is 1.63. The Bertz CT molecular complexity index is 636. The molecule has 0 radical (unpaired) electrons. The maximum atomic E-state index is 12.5. The van der Waals surface area contributed by atoms with E-state index in [4.69, 9.17) is 0 Å². The van der Waals surface area contributed by atoms with Gasteiger partial charge in [-0.1, -0.05) is 12.1 Å². The van der Waals surface area contributed by atoms with Gasteiger partial charge in [0, 0.05) is 5.92 Å². The molecule has 0 bridgehead atoms. The zero-order valence-electron chi connectivity index (χ0n) is 10.7. The van der Waals surface area contributed by atoms with Gasteiger partial charge in [-0.25, -0.2) is 5.10 Å². The van der Waals surface area contributed by atoms with Gasteiger partial charge in [0.1, 0.15) is 6.33 Å². The number of H-pyrrole nitrogens is 1. The first-order valence-corrected chi connectivity index (χ1v) is 6.28. The quantitative estimate of drug-likeness (QED) is 0.914. The highest BCUT2D eigenvalue weighted by molar-refractivity contribution is 5.93. The topological polar surface area (TPSA) is 70.7 Å². The van der Waals surface area contributed by atoms with Gasteiger partial charge in [0.25, 0.3) is 0 Å². The monoisotopic (exact) mass is 296 g/mol. The molecule has 2 aromatic rings. The average molecular weight is 296 g/mol. The van der Waals surface area contributed by atoms with Gasteiger partial charge in [-0.3, -0.25) is 10.1 Å². The smallest absolute Gasteiger partial charge is 0.295 e. The van der Waals surface area contributed by atoms with Crippen LogP contribution < -0.4 is 5.32 Å². The second-order valence-corrected chi connectivity index (χ2v) is 4.89. The summed E-state index contributed by atoms with van der Waals surface area (Å²) >= 11 is 0. The van der Waals surface area contributed by atoms with Crippen molar-refractivity contribution in [1.82, 2.24) is 15.2 Å². The fourth-order valence-electron chi connectivity index (χ4n) is 2.25. The number of aromatic nitrogens is 3. The molecule has 1 aliphatic rings. The highest BCUT2D eigenvalue weighted by atomic mass is 19.4. The Morgan fingerprint density at radius 2 is 2.00 bits per heavy atom. The number of amides is 1. The number of hydrogen-bond acceptors (Lipinski definition) is 3. The summed E-state index contributed by atoms with van der Waals surface area (Å²) in [6.07, 6.45) is -2.45. The van der Waals surface area contributed by atoms with Crippen molar-refractivity contribution in [2.45, 2.75) is 18.5 Å². The highest BCUT2D eigenvalue weighted by Crippen LogP contribution is 2.48. The van der Waals surface area contributed by atoms with Gasteiger partial charge in [0.05, 0.1) is 5.56 Å². The predicted molar refractivity (Wildman–Crippen MR) is 67.3 cm³/mol. The normalized spacial score (nSPS) is 21.1. The van der Waals surface area contributed by atoms with Crippen molar-refractivity contribution in [3.05, 3.63) is 41.7 Å². The number of hydrogen-bond donors (Lipinski definition) is 2. The first kappa shape index (κ1) is 13.6. The van der Waals surface area contributed by atoms with E-state index in [0.29, 0.717) is 6.42 Å². The van der Waals surface area contributed by atoms with E-state index in [2.05, 4.69) is 20.5 Å². The third-order valence-electron chi connectivity index (χ3n) is 3.45. The van der Waals surface area contributed by atoms with Gasteiger partial charge in [0.2, 0.25) is 11.9 Å². The Kier molecular flexibility index (Phi) is 3.15. The molecule has 3 rings (SSSR count). The maximum Gasteiger partial charge on any atom is 0.416 e. The SMILES string of the molecule is O=C(Nc1ncn[nH]1)[C@@H]1C[C@@H]1c1ccc(C(F)(F)F)cc1. The molecule has 1 aromatic heterocycles. The molecule has 1 aromatic carbocycles. The number of alkyl halides is 3. The number of aromatic amines is 1. The van der Waals surface area contributed by atoms with Gasteiger partial charge in [-0.15, -0.1) is 0 Å². The lowest BCUT2D eigenvalue weighted by molar-refractivity contribution is -0.137. The predicted octanol–water partition coefficient (Wildman–Crippen LogP) is 2.57. The third kappa shape index (κ3) is 2.88. The van der Waals surface area contributed by atoms with Gasteiger partial charge in [0.15, 0.2) is 0 Å². The molecule has 0 aliphatic heterocycles. The molecule has 1 aliphatic carbocycles. The summed E-state index contributed by atoms with van der Waals surface area (Å²) in [5, 5.41) is 8.69. The zero-order chi connectivity index (χ0) is 15.0. The van der Waals surface area contributed by atoms with Crippen molar-refractivity contribution in [2.75, 3.05) is 5.32 Å². The molecule has 2 N–H and O–H groups in total. The molecule has 0 saturated heterocycles. The van der Waals surface area contributed by atoms with Crippen LogP contribution in [0.3, 0.4) is 0 Å². The standard InChI is InChI=1S/C13H11F3N4O/c14-13(15,16)8-3-1-7(2-4-8)9-5-10(9)11(21)19-12-17-6-18-20-12/h1-4,6,9-10H,5H2,(H2,17,18,19,20,21)/t9-,10-/m1/s1. The lowest BCUT2D eigenvalue weighted by Crippen LogP contribution is -2.15. The van der Waals surface area contributed by atoms with Crippen LogP contribution in [-0.2, 0) is 11.0 Å². The van der Waals surface area contributed by atoms with Gasteiger partial charge >= 0.3 is 6.18 Å². The Hall–Kier alpha value is -2.38. The molecule has 21 heavy (non-hydrogen) atoms. The van der Waals surface area contributed by atoms with E-state index in [1.807, 2.05) is 0 Å².